The monoisotopic (exact) mass is 394 g/mol. The molecule has 0 saturated carbocycles. The second-order valence-electron chi connectivity index (χ2n) is 5.95. The summed E-state index contributed by atoms with van der Waals surface area (Å²) in [5, 5.41) is 3.45. The number of thiazole rings is 1. The van der Waals surface area contributed by atoms with Crippen LogP contribution in [-0.4, -0.2) is 25.1 Å². The van der Waals surface area contributed by atoms with E-state index in [1.165, 1.54) is 17.4 Å². The van der Waals surface area contributed by atoms with Gasteiger partial charge in [-0.2, -0.15) is 0 Å². The Kier molecular flexibility index (Phi) is 6.45. The molecule has 0 saturated heterocycles. The van der Waals surface area contributed by atoms with E-state index in [4.69, 9.17) is 9.47 Å². The Bertz CT molecular complexity index is 981. The lowest BCUT2D eigenvalue weighted by atomic mass is 10.1. The number of hydrogen-bond acceptors (Lipinski definition) is 5. The van der Waals surface area contributed by atoms with Gasteiger partial charge in [0, 0.05) is 16.5 Å². The fraction of sp³-hybridized carbons (Fsp3) is 0.182. The third-order valence-corrected chi connectivity index (χ3v) is 5.25. The van der Waals surface area contributed by atoms with Crippen LogP contribution in [-0.2, 0) is 11.2 Å². The van der Waals surface area contributed by atoms with Gasteiger partial charge in [-0.25, -0.2) is 4.98 Å². The number of benzene rings is 2. The molecule has 3 aromatic rings. The van der Waals surface area contributed by atoms with Crippen LogP contribution in [0.4, 0.5) is 5.13 Å². The number of carbonyl (C=O) groups excluding carboxylic acids is 1. The molecule has 1 aromatic heterocycles. The summed E-state index contributed by atoms with van der Waals surface area (Å²) in [5.74, 6) is 1.03. The molecule has 0 bridgehead atoms. The highest BCUT2D eigenvalue weighted by atomic mass is 32.1. The summed E-state index contributed by atoms with van der Waals surface area (Å²) in [7, 11) is 3.17. The van der Waals surface area contributed by atoms with Gasteiger partial charge in [-0.1, -0.05) is 43.3 Å². The van der Waals surface area contributed by atoms with Crippen LogP contribution in [0.1, 0.15) is 17.4 Å². The van der Waals surface area contributed by atoms with Crippen molar-refractivity contribution in [3.05, 3.63) is 65.0 Å². The van der Waals surface area contributed by atoms with Crippen LogP contribution in [0.5, 0.6) is 11.5 Å². The number of anilines is 1. The van der Waals surface area contributed by atoms with Gasteiger partial charge in [0.25, 0.3) is 0 Å². The summed E-state index contributed by atoms with van der Waals surface area (Å²) in [6.45, 7) is 2.09. The van der Waals surface area contributed by atoms with Gasteiger partial charge in [0.1, 0.15) is 0 Å². The summed E-state index contributed by atoms with van der Waals surface area (Å²) in [6.07, 6.45) is 4.07. The first-order valence-corrected chi connectivity index (χ1v) is 9.72. The average molecular weight is 394 g/mol. The number of amides is 1. The molecule has 2 aromatic carbocycles. The molecular formula is C22H22N2O3S. The van der Waals surface area contributed by atoms with E-state index in [1.807, 2.05) is 42.5 Å². The molecule has 0 spiro atoms. The van der Waals surface area contributed by atoms with Gasteiger partial charge in [0.15, 0.2) is 16.6 Å². The standard InChI is InChI=1S/C22H22N2O3S/c1-4-19-21(16-8-6-5-7-9-16)24-22(28-19)23-20(25)13-11-15-10-12-17(26-2)18(14-15)27-3/h5-14H,4H2,1-3H3,(H,23,24,25). The highest BCUT2D eigenvalue weighted by Gasteiger charge is 2.12. The van der Waals surface area contributed by atoms with E-state index in [0.29, 0.717) is 16.6 Å². The van der Waals surface area contributed by atoms with E-state index in [0.717, 1.165) is 28.1 Å². The molecule has 1 N–H and O–H groups in total. The zero-order valence-electron chi connectivity index (χ0n) is 16.1. The lowest BCUT2D eigenvalue weighted by molar-refractivity contribution is -0.111. The van der Waals surface area contributed by atoms with Crippen LogP contribution in [0.25, 0.3) is 17.3 Å². The van der Waals surface area contributed by atoms with E-state index in [2.05, 4.69) is 17.2 Å². The van der Waals surface area contributed by atoms with Crippen LogP contribution >= 0.6 is 11.3 Å². The predicted molar refractivity (Wildman–Crippen MR) is 114 cm³/mol. The Labute approximate surface area is 168 Å². The maximum Gasteiger partial charge on any atom is 0.250 e. The number of hydrogen-bond donors (Lipinski definition) is 1. The fourth-order valence-electron chi connectivity index (χ4n) is 2.74. The normalized spacial score (nSPS) is 10.8. The van der Waals surface area contributed by atoms with Crippen molar-refractivity contribution in [3.8, 4) is 22.8 Å². The van der Waals surface area contributed by atoms with E-state index in [-0.39, 0.29) is 5.91 Å². The number of nitrogens with one attached hydrogen (secondary N) is 1. The number of methoxy groups -OCH3 is 2. The minimum absolute atomic E-state index is 0.231. The molecule has 0 fully saturated rings. The lowest BCUT2D eigenvalue weighted by Crippen LogP contribution is -2.07. The van der Waals surface area contributed by atoms with E-state index in [1.54, 1.807) is 26.4 Å². The number of rotatable bonds is 7. The van der Waals surface area contributed by atoms with E-state index < -0.39 is 0 Å². The predicted octanol–water partition coefficient (Wildman–Crippen LogP) is 5.04. The maximum atomic E-state index is 12.3. The Balaban J connectivity index is 1.73. The number of ether oxygens (including phenoxy) is 2. The fourth-order valence-corrected chi connectivity index (χ4v) is 3.67. The van der Waals surface area contributed by atoms with Crippen LogP contribution in [0.2, 0.25) is 0 Å². The third-order valence-electron chi connectivity index (χ3n) is 4.13. The van der Waals surface area contributed by atoms with Crippen LogP contribution in [0.15, 0.2) is 54.6 Å². The number of carbonyl (C=O) groups is 1. The Morgan fingerprint density at radius 2 is 1.86 bits per heavy atom. The first-order chi connectivity index (χ1) is 13.6. The highest BCUT2D eigenvalue weighted by molar-refractivity contribution is 7.16. The molecule has 3 rings (SSSR count). The molecule has 0 aliphatic carbocycles. The molecule has 0 aliphatic heterocycles. The van der Waals surface area contributed by atoms with E-state index in [9.17, 15) is 4.79 Å². The van der Waals surface area contributed by atoms with Crippen molar-refractivity contribution < 1.29 is 14.3 Å². The van der Waals surface area contributed by atoms with Crippen molar-refractivity contribution in [1.29, 1.82) is 0 Å². The molecule has 6 heteroatoms. The van der Waals surface area contributed by atoms with Crippen molar-refractivity contribution in [2.24, 2.45) is 0 Å². The van der Waals surface area contributed by atoms with Gasteiger partial charge in [-0.05, 0) is 30.2 Å². The summed E-state index contributed by atoms with van der Waals surface area (Å²) < 4.78 is 10.5. The molecular weight excluding hydrogens is 372 g/mol. The number of nitrogens with zero attached hydrogens (tertiary/aromatic N) is 1. The van der Waals surface area contributed by atoms with Gasteiger partial charge in [0.05, 0.1) is 19.9 Å². The van der Waals surface area contributed by atoms with Gasteiger partial charge in [-0.15, -0.1) is 11.3 Å². The number of aromatic nitrogens is 1. The largest absolute Gasteiger partial charge is 0.493 e. The molecule has 0 atom stereocenters. The Morgan fingerprint density at radius 3 is 2.54 bits per heavy atom. The molecule has 0 aliphatic rings. The molecule has 0 radical (unpaired) electrons. The summed E-state index contributed by atoms with van der Waals surface area (Å²) >= 11 is 1.50. The first-order valence-electron chi connectivity index (χ1n) is 8.90. The lowest BCUT2D eigenvalue weighted by Gasteiger charge is -2.07. The van der Waals surface area contributed by atoms with Crippen LogP contribution in [0.3, 0.4) is 0 Å². The van der Waals surface area contributed by atoms with Gasteiger partial charge >= 0.3 is 0 Å². The van der Waals surface area contributed by atoms with E-state index >= 15 is 0 Å². The van der Waals surface area contributed by atoms with Gasteiger partial charge in [-0.3, -0.25) is 10.1 Å². The van der Waals surface area contributed by atoms with Crippen LogP contribution < -0.4 is 14.8 Å². The quantitative estimate of drug-likeness (QED) is 0.570. The minimum Gasteiger partial charge on any atom is -0.493 e. The zero-order chi connectivity index (χ0) is 19.9. The summed E-state index contributed by atoms with van der Waals surface area (Å²) in [6, 6.07) is 15.5. The number of aryl methyl sites for hydroxylation is 1. The van der Waals surface area contributed by atoms with Crippen molar-refractivity contribution >= 4 is 28.5 Å². The molecule has 1 heterocycles. The zero-order valence-corrected chi connectivity index (χ0v) is 16.9. The second kappa shape index (κ2) is 9.19. The molecule has 144 valence electrons. The molecule has 28 heavy (non-hydrogen) atoms. The van der Waals surface area contributed by atoms with Crippen LogP contribution in [0, 0.1) is 0 Å². The summed E-state index contributed by atoms with van der Waals surface area (Å²) in [5.41, 5.74) is 2.82. The Morgan fingerprint density at radius 1 is 1.11 bits per heavy atom. The van der Waals surface area contributed by atoms with Gasteiger partial charge < -0.3 is 9.47 Å². The highest BCUT2D eigenvalue weighted by Crippen LogP contribution is 2.31. The van der Waals surface area contributed by atoms with Crippen molar-refractivity contribution in [1.82, 2.24) is 4.98 Å². The summed E-state index contributed by atoms with van der Waals surface area (Å²) in [4.78, 5) is 18.1. The minimum atomic E-state index is -0.231. The average Bonchev–Trinajstić information content (AvgIpc) is 3.15. The van der Waals surface area contributed by atoms with Gasteiger partial charge in [0.2, 0.25) is 5.91 Å². The van der Waals surface area contributed by atoms with Crippen molar-refractivity contribution in [2.45, 2.75) is 13.3 Å². The molecule has 0 unspecified atom stereocenters. The first kappa shape index (κ1) is 19.6. The topological polar surface area (TPSA) is 60.5 Å². The van der Waals surface area contributed by atoms with Crippen molar-refractivity contribution in [3.63, 3.8) is 0 Å². The maximum absolute atomic E-state index is 12.3. The molecule has 5 nitrogen and oxygen atoms in total. The smallest absolute Gasteiger partial charge is 0.250 e. The Hall–Kier alpha value is -3.12. The SMILES string of the molecule is CCc1sc(NC(=O)C=Cc2ccc(OC)c(OC)c2)nc1-c1ccccc1. The molecule has 1 amide bonds. The van der Waals surface area contributed by atoms with Crippen molar-refractivity contribution in [2.75, 3.05) is 19.5 Å². The second-order valence-corrected chi connectivity index (χ2v) is 7.03. The third kappa shape index (κ3) is 4.58.